The second-order valence-electron chi connectivity index (χ2n) is 4.90. The van der Waals surface area contributed by atoms with Crippen LogP contribution in [0.4, 0.5) is 5.69 Å². The maximum Gasteiger partial charge on any atom is 0.253 e. The monoisotopic (exact) mass is 266 g/mol. The van der Waals surface area contributed by atoms with Crippen molar-refractivity contribution in [1.29, 1.82) is 0 Å². The van der Waals surface area contributed by atoms with Gasteiger partial charge in [0.1, 0.15) is 0 Å². The minimum Gasteiger partial charge on any atom is -0.398 e. The van der Waals surface area contributed by atoms with E-state index in [1.807, 2.05) is 4.90 Å². The first-order valence-corrected chi connectivity index (χ1v) is 6.84. The third-order valence-corrected chi connectivity index (χ3v) is 3.96. The Morgan fingerprint density at radius 1 is 1.56 bits per heavy atom. The van der Waals surface area contributed by atoms with Crippen LogP contribution in [0.5, 0.6) is 0 Å². The number of nitrogen functional groups attached to an aromatic ring is 1. The molecule has 3 nitrogen and oxygen atoms in total. The van der Waals surface area contributed by atoms with Gasteiger partial charge in [0.2, 0.25) is 0 Å². The van der Waals surface area contributed by atoms with E-state index >= 15 is 0 Å². The summed E-state index contributed by atoms with van der Waals surface area (Å²) in [5, 5.41) is 0.449. The Morgan fingerprint density at radius 3 is 3.00 bits per heavy atom. The molecule has 1 aliphatic rings. The van der Waals surface area contributed by atoms with Crippen LogP contribution in [0.15, 0.2) is 18.2 Å². The van der Waals surface area contributed by atoms with Crippen molar-refractivity contribution in [3.63, 3.8) is 0 Å². The summed E-state index contributed by atoms with van der Waals surface area (Å²) in [7, 11) is 0. The molecule has 1 fully saturated rings. The minimum absolute atomic E-state index is 0.0649. The van der Waals surface area contributed by atoms with Crippen LogP contribution >= 0.6 is 11.6 Å². The highest BCUT2D eigenvalue weighted by molar-refractivity contribution is 6.33. The maximum atomic E-state index is 12.4. The highest BCUT2D eigenvalue weighted by Crippen LogP contribution is 2.24. The Balaban J connectivity index is 2.12. The first-order chi connectivity index (χ1) is 8.61. The van der Waals surface area contributed by atoms with Crippen LogP contribution in [0.3, 0.4) is 0 Å². The summed E-state index contributed by atoms with van der Waals surface area (Å²) in [6.07, 6.45) is 3.45. The van der Waals surface area contributed by atoms with Crippen molar-refractivity contribution in [2.24, 2.45) is 5.92 Å². The van der Waals surface area contributed by atoms with Crippen LogP contribution in [0.2, 0.25) is 5.02 Å². The standard InChI is InChI=1S/C14H19ClN2O/c1-2-10-4-3-7-17(9-10)14(18)11-5-6-13(16)12(15)8-11/h5-6,8,10H,2-4,7,9,16H2,1H3. The number of nitrogens with two attached hydrogens (primary N) is 1. The van der Waals surface area contributed by atoms with Crippen LogP contribution in [-0.2, 0) is 0 Å². The van der Waals surface area contributed by atoms with Crippen molar-refractivity contribution in [3.8, 4) is 0 Å². The van der Waals surface area contributed by atoms with E-state index in [0.717, 1.165) is 25.9 Å². The van der Waals surface area contributed by atoms with E-state index in [2.05, 4.69) is 6.92 Å². The molecule has 18 heavy (non-hydrogen) atoms. The number of amides is 1. The number of hydrogen-bond acceptors (Lipinski definition) is 2. The number of anilines is 1. The predicted octanol–water partition coefficient (Wildman–Crippen LogP) is 3.18. The average Bonchev–Trinajstić information content (AvgIpc) is 2.41. The van der Waals surface area contributed by atoms with Gasteiger partial charge in [0, 0.05) is 18.7 Å². The Kier molecular flexibility index (Phi) is 4.12. The number of carbonyl (C=O) groups is 1. The lowest BCUT2D eigenvalue weighted by molar-refractivity contribution is 0.0671. The zero-order valence-electron chi connectivity index (χ0n) is 10.7. The maximum absolute atomic E-state index is 12.4. The van der Waals surface area contributed by atoms with Crippen molar-refractivity contribution in [2.75, 3.05) is 18.8 Å². The summed E-state index contributed by atoms with van der Waals surface area (Å²) < 4.78 is 0. The van der Waals surface area contributed by atoms with E-state index in [1.54, 1.807) is 18.2 Å². The number of piperidine rings is 1. The van der Waals surface area contributed by atoms with Crippen molar-refractivity contribution < 1.29 is 4.79 Å². The highest BCUT2D eigenvalue weighted by Gasteiger charge is 2.23. The molecule has 1 heterocycles. The van der Waals surface area contributed by atoms with Gasteiger partial charge in [-0.3, -0.25) is 4.79 Å². The second-order valence-corrected chi connectivity index (χ2v) is 5.31. The number of carbonyl (C=O) groups excluding carboxylic acids is 1. The number of rotatable bonds is 2. The molecule has 4 heteroatoms. The van der Waals surface area contributed by atoms with Gasteiger partial charge in [-0.2, -0.15) is 0 Å². The zero-order chi connectivity index (χ0) is 13.1. The molecular formula is C14H19ClN2O. The molecule has 1 unspecified atom stereocenters. The molecule has 1 aromatic rings. The van der Waals surface area contributed by atoms with Crippen LogP contribution in [0.1, 0.15) is 36.5 Å². The quantitative estimate of drug-likeness (QED) is 0.836. The number of halogens is 1. The molecule has 1 saturated heterocycles. The molecule has 0 saturated carbocycles. The Morgan fingerprint density at radius 2 is 2.33 bits per heavy atom. The zero-order valence-corrected chi connectivity index (χ0v) is 11.4. The van der Waals surface area contributed by atoms with E-state index in [1.165, 1.54) is 6.42 Å². The molecule has 98 valence electrons. The van der Waals surface area contributed by atoms with Gasteiger partial charge in [0.05, 0.1) is 10.7 Å². The van der Waals surface area contributed by atoms with Gasteiger partial charge in [-0.15, -0.1) is 0 Å². The Bertz CT molecular complexity index is 447. The van der Waals surface area contributed by atoms with Gasteiger partial charge in [0.25, 0.3) is 5.91 Å². The third kappa shape index (κ3) is 2.78. The van der Waals surface area contributed by atoms with E-state index < -0.39 is 0 Å². The molecule has 0 aromatic heterocycles. The molecule has 1 aliphatic heterocycles. The molecule has 0 spiro atoms. The molecule has 2 rings (SSSR count). The molecule has 0 aliphatic carbocycles. The van der Waals surface area contributed by atoms with Crippen molar-refractivity contribution in [3.05, 3.63) is 28.8 Å². The lowest BCUT2D eigenvalue weighted by atomic mass is 9.95. The lowest BCUT2D eigenvalue weighted by Gasteiger charge is -2.32. The number of nitrogens with zero attached hydrogens (tertiary/aromatic N) is 1. The highest BCUT2D eigenvalue weighted by atomic mass is 35.5. The first kappa shape index (κ1) is 13.2. The van der Waals surface area contributed by atoms with E-state index in [4.69, 9.17) is 17.3 Å². The van der Waals surface area contributed by atoms with Gasteiger partial charge in [-0.25, -0.2) is 0 Å². The summed E-state index contributed by atoms with van der Waals surface area (Å²) in [6, 6.07) is 5.10. The first-order valence-electron chi connectivity index (χ1n) is 6.46. The molecular weight excluding hydrogens is 248 g/mol. The van der Waals surface area contributed by atoms with Gasteiger partial charge >= 0.3 is 0 Å². The smallest absolute Gasteiger partial charge is 0.253 e. The molecule has 1 atom stereocenters. The number of benzene rings is 1. The normalized spacial score (nSPS) is 19.9. The summed E-state index contributed by atoms with van der Waals surface area (Å²) in [5.41, 5.74) is 6.80. The van der Waals surface area contributed by atoms with Crippen LogP contribution in [0.25, 0.3) is 0 Å². The van der Waals surface area contributed by atoms with Crippen molar-refractivity contribution in [1.82, 2.24) is 4.90 Å². The third-order valence-electron chi connectivity index (χ3n) is 3.63. The fourth-order valence-electron chi connectivity index (χ4n) is 2.43. The van der Waals surface area contributed by atoms with Gasteiger partial charge < -0.3 is 10.6 Å². The fourth-order valence-corrected chi connectivity index (χ4v) is 2.61. The van der Waals surface area contributed by atoms with Gasteiger partial charge in [0.15, 0.2) is 0 Å². The molecule has 2 N–H and O–H groups in total. The van der Waals surface area contributed by atoms with E-state index in [-0.39, 0.29) is 5.91 Å². The summed E-state index contributed by atoms with van der Waals surface area (Å²) >= 11 is 5.96. The van der Waals surface area contributed by atoms with Crippen molar-refractivity contribution >= 4 is 23.2 Å². The predicted molar refractivity (Wildman–Crippen MR) is 74.8 cm³/mol. The van der Waals surface area contributed by atoms with E-state index in [0.29, 0.717) is 22.2 Å². The lowest BCUT2D eigenvalue weighted by Crippen LogP contribution is -2.39. The summed E-state index contributed by atoms with van der Waals surface area (Å²) in [5.74, 6) is 0.696. The molecule has 0 radical (unpaired) electrons. The molecule has 1 amide bonds. The number of hydrogen-bond donors (Lipinski definition) is 1. The van der Waals surface area contributed by atoms with Crippen LogP contribution in [0, 0.1) is 5.92 Å². The Labute approximate surface area is 113 Å². The SMILES string of the molecule is CCC1CCCN(C(=O)c2ccc(N)c(Cl)c2)C1. The molecule has 1 aromatic carbocycles. The Hall–Kier alpha value is -1.22. The summed E-state index contributed by atoms with van der Waals surface area (Å²) in [4.78, 5) is 14.3. The molecule has 0 bridgehead atoms. The van der Waals surface area contributed by atoms with Crippen LogP contribution in [-0.4, -0.2) is 23.9 Å². The van der Waals surface area contributed by atoms with Gasteiger partial charge in [-0.05, 0) is 37.0 Å². The minimum atomic E-state index is 0.0649. The topological polar surface area (TPSA) is 46.3 Å². The number of likely N-dealkylation sites (tertiary alicyclic amines) is 1. The average molecular weight is 267 g/mol. The summed E-state index contributed by atoms with van der Waals surface area (Å²) in [6.45, 7) is 3.88. The largest absolute Gasteiger partial charge is 0.398 e. The van der Waals surface area contributed by atoms with E-state index in [9.17, 15) is 4.79 Å². The fraction of sp³-hybridized carbons (Fsp3) is 0.500. The second kappa shape index (κ2) is 5.61. The van der Waals surface area contributed by atoms with Crippen molar-refractivity contribution in [2.45, 2.75) is 26.2 Å². The van der Waals surface area contributed by atoms with Crippen LogP contribution < -0.4 is 5.73 Å². The van der Waals surface area contributed by atoms with Gasteiger partial charge in [-0.1, -0.05) is 24.9 Å².